The van der Waals surface area contributed by atoms with Crippen LogP contribution in [0.4, 0.5) is 0 Å². The first-order valence-corrected chi connectivity index (χ1v) is 6.05. The van der Waals surface area contributed by atoms with Crippen LogP contribution in [0.1, 0.15) is 31.0 Å². The maximum Gasteiger partial charge on any atom is 0.0409 e. The molecular weight excluding hydrogens is 218 g/mol. The van der Waals surface area contributed by atoms with Gasteiger partial charge in [0.05, 0.1) is 0 Å². The molecule has 0 aliphatic heterocycles. The van der Waals surface area contributed by atoms with Crippen LogP contribution in [-0.4, -0.2) is 6.54 Å². The van der Waals surface area contributed by atoms with Crippen LogP contribution in [0.2, 0.25) is 5.02 Å². The van der Waals surface area contributed by atoms with Gasteiger partial charge in [0.25, 0.3) is 0 Å². The van der Waals surface area contributed by atoms with E-state index in [9.17, 15) is 0 Å². The molecule has 1 nitrogen and oxygen atoms in total. The Balaban J connectivity index is 2.35. The van der Waals surface area contributed by atoms with Crippen LogP contribution in [0.15, 0.2) is 30.9 Å². The Labute approximate surface area is 103 Å². The molecule has 1 atom stereocenters. The fraction of sp³-hybridized carbons (Fsp3) is 0.429. The molecule has 1 aliphatic carbocycles. The first-order valence-electron chi connectivity index (χ1n) is 5.67. The SMILES string of the molecule is C=CCNC1c2cc(Cl)ccc2CC1(C)C. The highest BCUT2D eigenvalue weighted by atomic mass is 35.5. The molecule has 1 unspecified atom stereocenters. The van der Waals surface area contributed by atoms with Gasteiger partial charge in [0.1, 0.15) is 0 Å². The molecule has 1 aromatic rings. The van der Waals surface area contributed by atoms with Crippen molar-refractivity contribution in [2.45, 2.75) is 26.3 Å². The number of rotatable bonds is 3. The second-order valence-corrected chi connectivity index (χ2v) is 5.57. The average molecular weight is 236 g/mol. The summed E-state index contributed by atoms with van der Waals surface area (Å²) in [5.74, 6) is 0. The summed E-state index contributed by atoms with van der Waals surface area (Å²) in [6.45, 7) is 9.17. The second kappa shape index (κ2) is 4.23. The Morgan fingerprint density at radius 2 is 2.31 bits per heavy atom. The van der Waals surface area contributed by atoms with E-state index >= 15 is 0 Å². The highest BCUT2D eigenvalue weighted by Gasteiger charge is 2.38. The smallest absolute Gasteiger partial charge is 0.0409 e. The average Bonchev–Trinajstić information content (AvgIpc) is 2.45. The van der Waals surface area contributed by atoms with Crippen molar-refractivity contribution in [1.82, 2.24) is 5.32 Å². The summed E-state index contributed by atoms with van der Waals surface area (Å²) in [5, 5.41) is 4.35. The van der Waals surface area contributed by atoms with Gasteiger partial charge in [0, 0.05) is 17.6 Å². The maximum absolute atomic E-state index is 6.07. The van der Waals surface area contributed by atoms with Gasteiger partial charge in [-0.2, -0.15) is 0 Å². The van der Waals surface area contributed by atoms with E-state index in [4.69, 9.17) is 11.6 Å². The quantitative estimate of drug-likeness (QED) is 0.788. The van der Waals surface area contributed by atoms with E-state index in [0.29, 0.717) is 6.04 Å². The molecule has 0 fully saturated rings. The van der Waals surface area contributed by atoms with Gasteiger partial charge in [-0.3, -0.25) is 0 Å². The van der Waals surface area contributed by atoms with Crippen LogP contribution >= 0.6 is 11.6 Å². The number of fused-ring (bicyclic) bond motifs is 1. The molecule has 1 aliphatic rings. The summed E-state index contributed by atoms with van der Waals surface area (Å²) in [4.78, 5) is 0. The van der Waals surface area contributed by atoms with Gasteiger partial charge >= 0.3 is 0 Å². The van der Waals surface area contributed by atoms with Crippen LogP contribution in [0, 0.1) is 5.41 Å². The minimum Gasteiger partial charge on any atom is -0.306 e. The molecule has 86 valence electrons. The van der Waals surface area contributed by atoms with Crippen LogP contribution in [0.3, 0.4) is 0 Å². The predicted octanol–water partition coefficient (Wildman–Crippen LogP) is 3.74. The van der Waals surface area contributed by atoms with Gasteiger partial charge < -0.3 is 5.32 Å². The topological polar surface area (TPSA) is 12.0 Å². The molecule has 2 rings (SSSR count). The summed E-state index contributed by atoms with van der Waals surface area (Å²) in [6.07, 6.45) is 3.01. The monoisotopic (exact) mass is 235 g/mol. The molecule has 0 aromatic heterocycles. The Kier molecular flexibility index (Phi) is 3.09. The van der Waals surface area contributed by atoms with Crippen molar-refractivity contribution in [3.8, 4) is 0 Å². The minimum atomic E-state index is 0.246. The molecule has 0 heterocycles. The first-order chi connectivity index (χ1) is 7.54. The summed E-state index contributed by atoms with van der Waals surface area (Å²) in [6, 6.07) is 6.59. The lowest BCUT2D eigenvalue weighted by atomic mass is 9.85. The fourth-order valence-corrected chi connectivity index (χ4v) is 2.78. The molecule has 1 N–H and O–H groups in total. The van der Waals surface area contributed by atoms with Crippen molar-refractivity contribution in [2.24, 2.45) is 5.41 Å². The molecule has 0 saturated carbocycles. The van der Waals surface area contributed by atoms with Crippen LogP contribution in [0.25, 0.3) is 0 Å². The predicted molar refractivity (Wildman–Crippen MR) is 69.9 cm³/mol. The molecule has 0 bridgehead atoms. The zero-order chi connectivity index (χ0) is 11.8. The number of hydrogen-bond donors (Lipinski definition) is 1. The number of hydrogen-bond acceptors (Lipinski definition) is 1. The Morgan fingerprint density at radius 3 is 3.00 bits per heavy atom. The number of nitrogens with one attached hydrogen (secondary N) is 1. The molecule has 1 aromatic carbocycles. The highest BCUT2D eigenvalue weighted by Crippen LogP contribution is 2.45. The van der Waals surface area contributed by atoms with Crippen molar-refractivity contribution in [2.75, 3.05) is 6.54 Å². The molecule has 0 radical (unpaired) electrons. The summed E-state index contributed by atoms with van der Waals surface area (Å²) < 4.78 is 0. The maximum atomic E-state index is 6.07. The summed E-state index contributed by atoms with van der Waals surface area (Å²) in [7, 11) is 0. The van der Waals surface area contributed by atoms with Crippen molar-refractivity contribution in [3.05, 3.63) is 47.0 Å². The largest absolute Gasteiger partial charge is 0.306 e. The van der Waals surface area contributed by atoms with Crippen molar-refractivity contribution in [3.63, 3.8) is 0 Å². The lowest BCUT2D eigenvalue weighted by Crippen LogP contribution is -2.31. The molecule has 16 heavy (non-hydrogen) atoms. The first kappa shape index (κ1) is 11.7. The summed E-state index contributed by atoms with van der Waals surface area (Å²) >= 11 is 6.07. The molecule has 0 saturated heterocycles. The van der Waals surface area contributed by atoms with Crippen molar-refractivity contribution >= 4 is 11.6 Å². The van der Waals surface area contributed by atoms with E-state index in [1.54, 1.807) is 0 Å². The zero-order valence-corrected chi connectivity index (χ0v) is 10.6. The molecule has 0 amide bonds. The van der Waals surface area contributed by atoms with E-state index in [-0.39, 0.29) is 5.41 Å². The Hall–Kier alpha value is -0.790. The van der Waals surface area contributed by atoms with Crippen LogP contribution in [-0.2, 0) is 6.42 Å². The van der Waals surface area contributed by atoms with Gasteiger partial charge in [0.15, 0.2) is 0 Å². The standard InChI is InChI=1S/C14H18ClN/c1-4-7-16-13-12-8-11(15)6-5-10(12)9-14(13,2)3/h4-6,8,13,16H,1,7,9H2,2-3H3. The third-order valence-electron chi connectivity index (χ3n) is 3.31. The van der Waals surface area contributed by atoms with Gasteiger partial charge in [-0.25, -0.2) is 0 Å². The Bertz CT molecular complexity index is 409. The lowest BCUT2D eigenvalue weighted by molar-refractivity contribution is 0.276. The van der Waals surface area contributed by atoms with Gasteiger partial charge in [0.2, 0.25) is 0 Å². The van der Waals surface area contributed by atoms with Gasteiger partial charge in [-0.15, -0.1) is 6.58 Å². The van der Waals surface area contributed by atoms with E-state index in [0.717, 1.165) is 18.0 Å². The Morgan fingerprint density at radius 1 is 1.56 bits per heavy atom. The highest BCUT2D eigenvalue weighted by molar-refractivity contribution is 6.30. The van der Waals surface area contributed by atoms with E-state index in [2.05, 4.69) is 37.9 Å². The molecule has 0 spiro atoms. The molecular formula is C14H18ClN. The summed E-state index contributed by atoms with van der Waals surface area (Å²) in [5.41, 5.74) is 3.01. The molecule has 2 heteroatoms. The third kappa shape index (κ3) is 2.02. The van der Waals surface area contributed by atoms with E-state index in [1.807, 2.05) is 12.1 Å². The van der Waals surface area contributed by atoms with Crippen molar-refractivity contribution < 1.29 is 0 Å². The van der Waals surface area contributed by atoms with Crippen LogP contribution < -0.4 is 5.32 Å². The van der Waals surface area contributed by atoms with E-state index in [1.165, 1.54) is 11.1 Å². The lowest BCUT2D eigenvalue weighted by Gasteiger charge is -2.28. The second-order valence-electron chi connectivity index (χ2n) is 5.14. The van der Waals surface area contributed by atoms with Crippen LogP contribution in [0.5, 0.6) is 0 Å². The van der Waals surface area contributed by atoms with Crippen molar-refractivity contribution in [1.29, 1.82) is 0 Å². The van der Waals surface area contributed by atoms with Gasteiger partial charge in [-0.05, 0) is 35.1 Å². The van der Waals surface area contributed by atoms with E-state index < -0.39 is 0 Å². The third-order valence-corrected chi connectivity index (χ3v) is 3.55. The van der Waals surface area contributed by atoms with Gasteiger partial charge in [-0.1, -0.05) is 37.6 Å². The zero-order valence-electron chi connectivity index (χ0n) is 9.89. The minimum absolute atomic E-state index is 0.246. The number of halogens is 1. The fourth-order valence-electron chi connectivity index (χ4n) is 2.60. The number of benzene rings is 1. The normalized spacial score (nSPS) is 21.8.